The van der Waals surface area contributed by atoms with E-state index in [1.165, 1.54) is 25.5 Å². The molecule has 0 radical (unpaired) electrons. The van der Waals surface area contributed by atoms with Crippen molar-refractivity contribution in [2.45, 2.75) is 32.6 Å². The Morgan fingerprint density at radius 3 is 2.64 bits per heavy atom. The third kappa shape index (κ3) is 5.67. The number of nitrogens with zero attached hydrogens (tertiary/aromatic N) is 1. The lowest BCUT2D eigenvalue weighted by Crippen LogP contribution is -2.10. The number of nitrogens with one attached hydrogen (secondary N) is 1. The quantitative estimate of drug-likeness (QED) is 0.637. The molecule has 0 atom stereocenters. The highest BCUT2D eigenvalue weighted by molar-refractivity contribution is 5.92. The lowest BCUT2D eigenvalue weighted by Gasteiger charge is -2.12. The van der Waals surface area contributed by atoms with Gasteiger partial charge in [-0.1, -0.05) is 26.2 Å². The highest BCUT2D eigenvalue weighted by Gasteiger charge is 2.09. The summed E-state index contributed by atoms with van der Waals surface area (Å²) in [5, 5.41) is 3.39. The predicted octanol–water partition coefficient (Wildman–Crippen LogP) is 3.97. The van der Waals surface area contributed by atoms with Gasteiger partial charge in [-0.3, -0.25) is 4.79 Å². The van der Waals surface area contributed by atoms with Gasteiger partial charge in [0, 0.05) is 30.6 Å². The van der Waals surface area contributed by atoms with Crippen LogP contribution < -0.4 is 20.5 Å². The molecule has 3 N–H and O–H groups in total. The zero-order valence-corrected chi connectivity index (χ0v) is 14.7. The van der Waals surface area contributed by atoms with Crippen LogP contribution in [0.5, 0.6) is 17.4 Å². The van der Waals surface area contributed by atoms with Crippen molar-refractivity contribution in [2.75, 3.05) is 19.0 Å². The van der Waals surface area contributed by atoms with Gasteiger partial charge >= 0.3 is 0 Å². The van der Waals surface area contributed by atoms with Crippen LogP contribution in [0.2, 0.25) is 0 Å². The SMILES string of the molecule is CCCCCCNc1ccc(Oc2ccc(C(N)=O)cn2)c(OC)c1. The Hall–Kier alpha value is -2.76. The number of nitrogens with two attached hydrogens (primary N) is 1. The Balaban J connectivity index is 1.99. The molecule has 0 saturated carbocycles. The number of amides is 1. The summed E-state index contributed by atoms with van der Waals surface area (Å²) in [5.41, 5.74) is 6.52. The number of benzene rings is 1. The van der Waals surface area contributed by atoms with E-state index < -0.39 is 5.91 Å². The van der Waals surface area contributed by atoms with Crippen LogP contribution >= 0.6 is 0 Å². The van der Waals surface area contributed by atoms with Crippen LogP contribution in [-0.4, -0.2) is 24.5 Å². The molecule has 25 heavy (non-hydrogen) atoms. The molecule has 0 bridgehead atoms. The second-order valence-electron chi connectivity index (χ2n) is 5.70. The van der Waals surface area contributed by atoms with E-state index in [-0.39, 0.29) is 0 Å². The van der Waals surface area contributed by atoms with E-state index in [9.17, 15) is 4.79 Å². The van der Waals surface area contributed by atoms with Gasteiger partial charge in [0.2, 0.25) is 11.8 Å². The Bertz CT molecular complexity index is 687. The van der Waals surface area contributed by atoms with Crippen LogP contribution in [0.3, 0.4) is 0 Å². The fourth-order valence-electron chi connectivity index (χ4n) is 2.35. The van der Waals surface area contributed by atoms with Gasteiger partial charge < -0.3 is 20.5 Å². The van der Waals surface area contributed by atoms with Gasteiger partial charge in [-0.05, 0) is 24.6 Å². The summed E-state index contributed by atoms with van der Waals surface area (Å²) in [7, 11) is 1.59. The van der Waals surface area contributed by atoms with Gasteiger partial charge in [-0.25, -0.2) is 4.98 Å². The molecule has 2 rings (SSSR count). The first kappa shape index (κ1) is 18.6. The number of rotatable bonds is 10. The zero-order chi connectivity index (χ0) is 18.1. The fourth-order valence-corrected chi connectivity index (χ4v) is 2.35. The third-order valence-corrected chi connectivity index (χ3v) is 3.76. The van der Waals surface area contributed by atoms with Crippen molar-refractivity contribution in [3.05, 3.63) is 42.1 Å². The average Bonchev–Trinajstić information content (AvgIpc) is 2.63. The van der Waals surface area contributed by atoms with Crippen molar-refractivity contribution in [3.63, 3.8) is 0 Å². The van der Waals surface area contributed by atoms with Crippen LogP contribution in [0.25, 0.3) is 0 Å². The lowest BCUT2D eigenvalue weighted by atomic mass is 10.2. The summed E-state index contributed by atoms with van der Waals surface area (Å²) in [6.07, 6.45) is 6.25. The Morgan fingerprint density at radius 1 is 1.16 bits per heavy atom. The highest BCUT2D eigenvalue weighted by Crippen LogP contribution is 2.33. The normalized spacial score (nSPS) is 10.3. The fraction of sp³-hybridized carbons (Fsp3) is 0.368. The van der Waals surface area contributed by atoms with Crippen molar-refractivity contribution in [1.82, 2.24) is 4.98 Å². The van der Waals surface area contributed by atoms with Crippen molar-refractivity contribution in [1.29, 1.82) is 0 Å². The summed E-state index contributed by atoms with van der Waals surface area (Å²) in [6.45, 7) is 3.13. The molecule has 134 valence electrons. The lowest BCUT2D eigenvalue weighted by molar-refractivity contribution is 0.1000. The number of hydrogen-bond donors (Lipinski definition) is 2. The third-order valence-electron chi connectivity index (χ3n) is 3.76. The molecule has 0 saturated heterocycles. The molecule has 0 fully saturated rings. The number of carbonyl (C=O) groups is 1. The number of unbranched alkanes of at least 4 members (excludes halogenated alkanes) is 3. The molecule has 2 aromatic rings. The van der Waals surface area contributed by atoms with Crippen molar-refractivity contribution in [3.8, 4) is 17.4 Å². The first-order valence-corrected chi connectivity index (χ1v) is 8.49. The minimum Gasteiger partial charge on any atom is -0.493 e. The summed E-state index contributed by atoms with van der Waals surface area (Å²) < 4.78 is 11.1. The number of pyridine rings is 1. The van der Waals surface area contributed by atoms with Crippen LogP contribution in [0.15, 0.2) is 36.5 Å². The number of ether oxygens (including phenoxy) is 2. The van der Waals surface area contributed by atoms with Crippen LogP contribution in [0.1, 0.15) is 43.0 Å². The molecule has 0 spiro atoms. The summed E-state index contributed by atoms with van der Waals surface area (Å²) in [6, 6.07) is 8.84. The van der Waals surface area contributed by atoms with E-state index in [0.29, 0.717) is 22.9 Å². The first-order valence-electron chi connectivity index (χ1n) is 8.49. The molecule has 1 aromatic carbocycles. The molecule has 0 unspecified atom stereocenters. The molecular weight excluding hydrogens is 318 g/mol. The van der Waals surface area contributed by atoms with Gasteiger partial charge in [0.1, 0.15) is 0 Å². The minimum absolute atomic E-state index is 0.335. The molecular formula is C19H25N3O3. The highest BCUT2D eigenvalue weighted by atomic mass is 16.5. The Kier molecular flexibility index (Phi) is 7.07. The van der Waals surface area contributed by atoms with Gasteiger partial charge in [0.25, 0.3) is 0 Å². The summed E-state index contributed by atoms with van der Waals surface area (Å²) >= 11 is 0. The van der Waals surface area contributed by atoms with E-state index in [1.807, 2.05) is 18.2 Å². The standard InChI is InChI=1S/C19H25N3O3/c1-3-4-5-6-11-21-15-8-9-16(17(12-15)24-2)25-18-10-7-14(13-22-18)19(20)23/h7-10,12-13,21H,3-6,11H2,1-2H3,(H2,20,23). The minimum atomic E-state index is -0.522. The molecule has 1 heterocycles. The van der Waals surface area contributed by atoms with E-state index in [1.54, 1.807) is 19.2 Å². The predicted molar refractivity (Wildman–Crippen MR) is 98.5 cm³/mol. The molecule has 0 aliphatic rings. The molecule has 1 aromatic heterocycles. The van der Waals surface area contributed by atoms with Crippen molar-refractivity contribution in [2.24, 2.45) is 5.73 Å². The Morgan fingerprint density at radius 2 is 2.00 bits per heavy atom. The van der Waals surface area contributed by atoms with E-state index in [0.717, 1.165) is 18.7 Å². The monoisotopic (exact) mass is 343 g/mol. The second-order valence-corrected chi connectivity index (χ2v) is 5.70. The van der Waals surface area contributed by atoms with Crippen molar-refractivity contribution < 1.29 is 14.3 Å². The van der Waals surface area contributed by atoms with Gasteiger partial charge in [0.05, 0.1) is 12.7 Å². The average molecular weight is 343 g/mol. The zero-order valence-electron chi connectivity index (χ0n) is 14.7. The van der Waals surface area contributed by atoms with Gasteiger partial charge in [-0.15, -0.1) is 0 Å². The maximum atomic E-state index is 11.1. The largest absolute Gasteiger partial charge is 0.493 e. The number of carbonyl (C=O) groups excluding carboxylic acids is 1. The van der Waals surface area contributed by atoms with Crippen molar-refractivity contribution >= 4 is 11.6 Å². The molecule has 6 heteroatoms. The maximum absolute atomic E-state index is 11.1. The molecule has 0 aliphatic carbocycles. The molecule has 0 aliphatic heterocycles. The van der Waals surface area contributed by atoms with Gasteiger partial charge in [0.15, 0.2) is 11.5 Å². The topological polar surface area (TPSA) is 86.5 Å². The number of methoxy groups -OCH3 is 1. The van der Waals surface area contributed by atoms with Gasteiger partial charge in [-0.2, -0.15) is 0 Å². The van der Waals surface area contributed by atoms with Crippen LogP contribution in [0.4, 0.5) is 5.69 Å². The maximum Gasteiger partial charge on any atom is 0.250 e. The number of anilines is 1. The summed E-state index contributed by atoms with van der Waals surface area (Å²) in [5.74, 6) is 1.01. The first-order chi connectivity index (χ1) is 12.1. The molecule has 6 nitrogen and oxygen atoms in total. The Labute approximate surface area is 148 Å². The number of primary amides is 1. The smallest absolute Gasteiger partial charge is 0.250 e. The van der Waals surface area contributed by atoms with E-state index in [4.69, 9.17) is 15.2 Å². The number of hydrogen-bond acceptors (Lipinski definition) is 5. The van der Waals surface area contributed by atoms with Crippen LogP contribution in [0, 0.1) is 0 Å². The number of aromatic nitrogens is 1. The summed E-state index contributed by atoms with van der Waals surface area (Å²) in [4.78, 5) is 15.1. The second kappa shape index (κ2) is 9.52. The van der Waals surface area contributed by atoms with E-state index in [2.05, 4.69) is 17.2 Å². The molecule has 1 amide bonds. The van der Waals surface area contributed by atoms with Crippen LogP contribution in [-0.2, 0) is 0 Å². The van der Waals surface area contributed by atoms with E-state index >= 15 is 0 Å².